The summed E-state index contributed by atoms with van der Waals surface area (Å²) in [5, 5.41) is 2.33. The number of anilines is 1. The van der Waals surface area contributed by atoms with Crippen molar-refractivity contribution in [2.45, 2.75) is 24.3 Å². The number of nitrogens with two attached hydrogens (primary N) is 1. The Morgan fingerprint density at radius 2 is 2.15 bits per heavy atom. The lowest BCUT2D eigenvalue weighted by Gasteiger charge is -2.16. The predicted octanol–water partition coefficient (Wildman–Crippen LogP) is 3.41. The second kappa shape index (κ2) is 6.13. The maximum atomic E-state index is 12.4. The van der Waals surface area contributed by atoms with Gasteiger partial charge in [0.25, 0.3) is 0 Å². The van der Waals surface area contributed by atoms with Gasteiger partial charge >= 0.3 is 0 Å². The zero-order chi connectivity index (χ0) is 14.8. The van der Waals surface area contributed by atoms with Crippen LogP contribution in [0.2, 0.25) is 5.02 Å². The molecule has 1 aromatic heterocycles. The molecule has 3 N–H and O–H groups in total. The highest BCUT2D eigenvalue weighted by Crippen LogP contribution is 2.27. The number of hydrogen-bond acceptors (Lipinski definition) is 4. The number of nitrogens with one attached hydrogen (secondary N) is 1. The van der Waals surface area contributed by atoms with Crippen molar-refractivity contribution in [1.29, 1.82) is 0 Å². The second-order valence-corrected chi connectivity index (χ2v) is 7.38. The lowest BCUT2D eigenvalue weighted by molar-refractivity contribution is 0.553. The molecule has 1 aromatic carbocycles. The van der Waals surface area contributed by atoms with Gasteiger partial charge in [-0.25, -0.2) is 13.1 Å². The van der Waals surface area contributed by atoms with Gasteiger partial charge in [-0.05, 0) is 36.1 Å². The molecule has 1 atom stereocenters. The van der Waals surface area contributed by atoms with Crippen LogP contribution in [0.5, 0.6) is 0 Å². The summed E-state index contributed by atoms with van der Waals surface area (Å²) in [6, 6.07) is 7.91. The lowest BCUT2D eigenvalue weighted by atomic mass is 10.2. The Morgan fingerprint density at radius 1 is 1.40 bits per heavy atom. The van der Waals surface area contributed by atoms with Gasteiger partial charge in [0.15, 0.2) is 0 Å². The van der Waals surface area contributed by atoms with E-state index in [1.165, 1.54) is 29.5 Å². The SMILES string of the molecule is CCC(NS(=O)(=O)c1ccc(Cl)cc1N)c1cccs1. The van der Waals surface area contributed by atoms with E-state index >= 15 is 0 Å². The number of rotatable bonds is 5. The first kappa shape index (κ1) is 15.3. The van der Waals surface area contributed by atoms with Crippen LogP contribution in [0, 0.1) is 0 Å². The molecule has 0 aliphatic heterocycles. The van der Waals surface area contributed by atoms with Gasteiger partial charge in [0.05, 0.1) is 11.7 Å². The standard InChI is InChI=1S/C13H15ClN2O2S2/c1-2-11(12-4-3-7-19-12)16-20(17,18)13-6-5-9(14)8-10(13)15/h3-8,11,16H,2,15H2,1H3. The summed E-state index contributed by atoms with van der Waals surface area (Å²) in [6.45, 7) is 1.93. The number of sulfonamides is 1. The third kappa shape index (κ3) is 3.32. The van der Waals surface area contributed by atoms with E-state index in [2.05, 4.69) is 4.72 Å². The number of halogens is 1. The number of thiophene rings is 1. The van der Waals surface area contributed by atoms with Crippen molar-refractivity contribution in [3.63, 3.8) is 0 Å². The molecule has 0 aliphatic carbocycles. The van der Waals surface area contributed by atoms with Crippen molar-refractivity contribution < 1.29 is 8.42 Å². The molecule has 2 aromatic rings. The first-order valence-corrected chi connectivity index (χ1v) is 8.79. The minimum absolute atomic E-state index is 0.0527. The highest BCUT2D eigenvalue weighted by atomic mass is 35.5. The molecular weight excluding hydrogens is 316 g/mol. The summed E-state index contributed by atoms with van der Waals surface area (Å²) in [6.07, 6.45) is 0.660. The Bertz CT molecular complexity index is 684. The fourth-order valence-corrected chi connectivity index (χ4v) is 4.37. The zero-order valence-corrected chi connectivity index (χ0v) is 13.2. The third-order valence-corrected chi connectivity index (χ3v) is 5.62. The Labute approximate surface area is 127 Å². The van der Waals surface area contributed by atoms with Gasteiger partial charge < -0.3 is 5.73 Å². The van der Waals surface area contributed by atoms with Crippen molar-refractivity contribution in [3.8, 4) is 0 Å². The van der Waals surface area contributed by atoms with Crippen LogP contribution in [0.25, 0.3) is 0 Å². The molecule has 4 nitrogen and oxygen atoms in total. The highest BCUT2D eigenvalue weighted by molar-refractivity contribution is 7.89. The predicted molar refractivity (Wildman–Crippen MR) is 83.5 cm³/mol. The van der Waals surface area contributed by atoms with Crippen molar-refractivity contribution in [2.24, 2.45) is 0 Å². The molecule has 0 spiro atoms. The molecule has 1 heterocycles. The summed E-state index contributed by atoms with van der Waals surface area (Å²) < 4.78 is 27.5. The molecule has 0 radical (unpaired) electrons. The van der Waals surface area contributed by atoms with E-state index in [-0.39, 0.29) is 16.6 Å². The van der Waals surface area contributed by atoms with Gasteiger partial charge in [-0.3, -0.25) is 0 Å². The van der Waals surface area contributed by atoms with Crippen molar-refractivity contribution in [1.82, 2.24) is 4.72 Å². The number of nitrogen functional groups attached to an aromatic ring is 1. The van der Waals surface area contributed by atoms with Crippen LogP contribution in [0.3, 0.4) is 0 Å². The number of hydrogen-bond donors (Lipinski definition) is 2. The number of benzene rings is 1. The minimum atomic E-state index is -3.67. The average molecular weight is 331 g/mol. The van der Waals surface area contributed by atoms with Gasteiger partial charge in [0, 0.05) is 9.90 Å². The Kier molecular flexibility index (Phi) is 4.70. The molecule has 0 aliphatic rings. The fraction of sp³-hybridized carbons (Fsp3) is 0.231. The van der Waals surface area contributed by atoms with Crippen molar-refractivity contribution >= 4 is 38.6 Å². The summed E-state index contributed by atoms with van der Waals surface area (Å²) >= 11 is 7.31. The average Bonchev–Trinajstić information content (AvgIpc) is 2.89. The van der Waals surface area contributed by atoms with Crippen LogP contribution in [-0.4, -0.2) is 8.42 Å². The third-order valence-electron chi connectivity index (χ3n) is 2.85. The largest absolute Gasteiger partial charge is 0.398 e. The molecule has 0 amide bonds. The maximum absolute atomic E-state index is 12.4. The first-order chi connectivity index (χ1) is 9.44. The molecule has 20 heavy (non-hydrogen) atoms. The van der Waals surface area contributed by atoms with Gasteiger partial charge in [-0.1, -0.05) is 24.6 Å². The maximum Gasteiger partial charge on any atom is 0.243 e. The first-order valence-electron chi connectivity index (χ1n) is 6.05. The van der Waals surface area contributed by atoms with E-state index in [4.69, 9.17) is 17.3 Å². The van der Waals surface area contributed by atoms with Gasteiger partial charge in [-0.2, -0.15) is 0 Å². The van der Waals surface area contributed by atoms with Crippen molar-refractivity contribution in [2.75, 3.05) is 5.73 Å². The topological polar surface area (TPSA) is 72.2 Å². The van der Waals surface area contributed by atoms with E-state index in [9.17, 15) is 8.42 Å². The molecule has 1 unspecified atom stereocenters. The van der Waals surface area contributed by atoms with E-state index in [0.29, 0.717) is 11.4 Å². The summed E-state index contributed by atoms with van der Waals surface area (Å²) in [5.41, 5.74) is 5.89. The normalized spacial score (nSPS) is 13.3. The van der Waals surface area contributed by atoms with Crippen molar-refractivity contribution in [3.05, 3.63) is 45.6 Å². The molecule has 0 saturated carbocycles. The smallest absolute Gasteiger partial charge is 0.243 e. The highest BCUT2D eigenvalue weighted by Gasteiger charge is 2.22. The van der Waals surface area contributed by atoms with Gasteiger partial charge in [0.1, 0.15) is 4.90 Å². The van der Waals surface area contributed by atoms with Crippen LogP contribution in [-0.2, 0) is 10.0 Å². The quantitative estimate of drug-likeness (QED) is 0.825. The van der Waals surface area contributed by atoms with Crippen LogP contribution in [0.15, 0.2) is 40.6 Å². The lowest BCUT2D eigenvalue weighted by Crippen LogP contribution is -2.28. The Morgan fingerprint density at radius 3 is 2.70 bits per heavy atom. The fourth-order valence-electron chi connectivity index (χ4n) is 1.85. The molecule has 7 heteroatoms. The summed E-state index contributed by atoms with van der Waals surface area (Å²) in [7, 11) is -3.67. The van der Waals surface area contributed by atoms with Gasteiger partial charge in [-0.15, -0.1) is 11.3 Å². The van der Waals surface area contributed by atoms with Crippen LogP contribution < -0.4 is 10.5 Å². The summed E-state index contributed by atoms with van der Waals surface area (Å²) in [4.78, 5) is 1.03. The Hall–Kier alpha value is -1.08. The second-order valence-electron chi connectivity index (χ2n) is 4.28. The van der Waals surface area contributed by atoms with Gasteiger partial charge in [0.2, 0.25) is 10.0 Å². The van der Waals surface area contributed by atoms with E-state index in [1.54, 1.807) is 0 Å². The monoisotopic (exact) mass is 330 g/mol. The Balaban J connectivity index is 2.31. The molecule has 0 fully saturated rings. The molecule has 0 bridgehead atoms. The van der Waals surface area contributed by atoms with Crippen LogP contribution in [0.1, 0.15) is 24.3 Å². The van der Waals surface area contributed by atoms with Crippen LogP contribution in [0.4, 0.5) is 5.69 Å². The zero-order valence-electron chi connectivity index (χ0n) is 10.8. The molecule has 2 rings (SSSR count). The molecule has 108 valence electrons. The van der Waals surface area contributed by atoms with E-state index < -0.39 is 10.0 Å². The molecular formula is C13H15ClN2O2S2. The van der Waals surface area contributed by atoms with Crippen LogP contribution >= 0.6 is 22.9 Å². The van der Waals surface area contributed by atoms with E-state index in [1.807, 2.05) is 24.4 Å². The molecule has 0 saturated heterocycles. The van der Waals surface area contributed by atoms with E-state index in [0.717, 1.165) is 4.88 Å². The summed E-state index contributed by atoms with van der Waals surface area (Å²) in [5.74, 6) is 0. The minimum Gasteiger partial charge on any atom is -0.398 e.